The number of halogens is 3. The van der Waals surface area contributed by atoms with Gasteiger partial charge < -0.3 is 0 Å². The van der Waals surface area contributed by atoms with E-state index in [0.717, 1.165) is 0 Å². The Balaban J connectivity index is 1.73. The number of hydrogen-bond acceptors (Lipinski definition) is 4. The van der Waals surface area contributed by atoms with Crippen molar-refractivity contribution in [2.24, 2.45) is 0 Å². The molecule has 28 heavy (non-hydrogen) atoms. The van der Waals surface area contributed by atoms with Crippen LogP contribution in [-0.4, -0.2) is 27.2 Å². The molecule has 4 rings (SSSR count). The van der Waals surface area contributed by atoms with Gasteiger partial charge in [-0.25, -0.2) is 9.37 Å². The Hall–Kier alpha value is -2.48. The van der Waals surface area contributed by atoms with Crippen molar-refractivity contribution in [1.29, 1.82) is 0 Å². The number of carbonyl (C=O) groups is 1. The quantitative estimate of drug-likeness (QED) is 0.428. The molecule has 4 aromatic rings. The van der Waals surface area contributed by atoms with Gasteiger partial charge in [0.15, 0.2) is 5.13 Å². The van der Waals surface area contributed by atoms with Crippen LogP contribution in [0.15, 0.2) is 54.9 Å². The number of fused-ring (bicyclic) bond motifs is 1. The molecule has 9 heteroatoms. The Morgan fingerprint density at radius 3 is 2.79 bits per heavy atom. The molecule has 0 fully saturated rings. The third-order valence-electron chi connectivity index (χ3n) is 4.11. The molecule has 0 aliphatic rings. The van der Waals surface area contributed by atoms with E-state index >= 15 is 0 Å². The summed E-state index contributed by atoms with van der Waals surface area (Å²) < 4.78 is 16.5. The van der Waals surface area contributed by atoms with Crippen molar-refractivity contribution < 1.29 is 9.18 Å². The van der Waals surface area contributed by atoms with Gasteiger partial charge >= 0.3 is 0 Å². The maximum atomic E-state index is 14.1. The predicted octanol–water partition coefficient (Wildman–Crippen LogP) is 5.29. The minimum absolute atomic E-state index is 0.238. The van der Waals surface area contributed by atoms with Crippen LogP contribution < -0.4 is 4.90 Å². The zero-order valence-electron chi connectivity index (χ0n) is 14.3. The third-order valence-corrected chi connectivity index (χ3v) is 5.70. The van der Waals surface area contributed by atoms with Crippen LogP contribution in [0, 0.1) is 5.82 Å². The number of para-hydroxylation sites is 1. The van der Waals surface area contributed by atoms with Crippen LogP contribution in [0.2, 0.25) is 10.0 Å². The molecule has 142 valence electrons. The highest BCUT2D eigenvalue weighted by Crippen LogP contribution is 2.32. The van der Waals surface area contributed by atoms with Gasteiger partial charge in [-0.3, -0.25) is 14.4 Å². The average molecular weight is 435 g/mol. The van der Waals surface area contributed by atoms with Gasteiger partial charge in [0.05, 0.1) is 21.8 Å². The summed E-state index contributed by atoms with van der Waals surface area (Å²) in [4.78, 5) is 19.1. The molecule has 0 atom stereocenters. The summed E-state index contributed by atoms with van der Waals surface area (Å²) in [7, 11) is 0. The van der Waals surface area contributed by atoms with Crippen LogP contribution in [0.5, 0.6) is 0 Å². The minimum atomic E-state index is -0.427. The van der Waals surface area contributed by atoms with Gasteiger partial charge in [0.1, 0.15) is 11.3 Å². The van der Waals surface area contributed by atoms with E-state index in [1.807, 2.05) is 0 Å². The summed E-state index contributed by atoms with van der Waals surface area (Å²) in [6.45, 7) is 0.739. The smallest absolute Gasteiger partial charge is 0.261 e. The molecule has 1 amide bonds. The van der Waals surface area contributed by atoms with E-state index < -0.39 is 5.82 Å². The number of nitrogens with zero attached hydrogens (tertiary/aromatic N) is 4. The fourth-order valence-corrected chi connectivity index (χ4v) is 4.24. The van der Waals surface area contributed by atoms with Crippen LogP contribution in [-0.2, 0) is 6.54 Å². The average Bonchev–Trinajstić information content (AvgIpc) is 3.32. The van der Waals surface area contributed by atoms with E-state index in [9.17, 15) is 9.18 Å². The number of thiazole rings is 1. The molecule has 0 bridgehead atoms. The maximum Gasteiger partial charge on any atom is 0.261 e. The molecule has 5 nitrogen and oxygen atoms in total. The molecule has 0 N–H and O–H groups in total. The molecule has 0 unspecified atom stereocenters. The normalized spacial score (nSPS) is 11.1. The molecule has 0 spiro atoms. The van der Waals surface area contributed by atoms with Gasteiger partial charge in [-0.2, -0.15) is 5.10 Å². The predicted molar refractivity (Wildman–Crippen MR) is 110 cm³/mol. The lowest BCUT2D eigenvalue weighted by Gasteiger charge is -2.20. The number of amides is 1. The zero-order chi connectivity index (χ0) is 19.7. The van der Waals surface area contributed by atoms with E-state index in [0.29, 0.717) is 33.5 Å². The molecule has 0 aliphatic heterocycles. The Bertz CT molecular complexity index is 1150. The molecule has 0 aliphatic carbocycles. The number of aromatic nitrogens is 3. The van der Waals surface area contributed by atoms with Crippen LogP contribution in [0.25, 0.3) is 10.2 Å². The lowest BCUT2D eigenvalue weighted by molar-refractivity contribution is 0.0986. The van der Waals surface area contributed by atoms with Crippen molar-refractivity contribution in [2.45, 2.75) is 6.54 Å². The highest BCUT2D eigenvalue weighted by Gasteiger charge is 2.24. The van der Waals surface area contributed by atoms with Crippen LogP contribution in [0.3, 0.4) is 0 Å². The summed E-state index contributed by atoms with van der Waals surface area (Å²) in [6.07, 6.45) is 3.46. The lowest BCUT2D eigenvalue weighted by Crippen LogP contribution is -2.34. The second-order valence-corrected chi connectivity index (χ2v) is 7.79. The van der Waals surface area contributed by atoms with Gasteiger partial charge in [0, 0.05) is 24.0 Å². The minimum Gasteiger partial charge on any atom is -0.282 e. The first-order valence-electron chi connectivity index (χ1n) is 8.32. The second-order valence-electron chi connectivity index (χ2n) is 5.93. The number of carbonyl (C=O) groups excluding carboxylic acids is 1. The van der Waals surface area contributed by atoms with E-state index in [2.05, 4.69) is 10.1 Å². The molecular formula is C19H13Cl2FN4OS. The molecule has 2 aromatic heterocycles. The van der Waals surface area contributed by atoms with Gasteiger partial charge in [-0.1, -0.05) is 40.6 Å². The number of rotatable bonds is 5. The Morgan fingerprint density at radius 1 is 1.21 bits per heavy atom. The van der Waals surface area contributed by atoms with E-state index in [1.54, 1.807) is 47.4 Å². The summed E-state index contributed by atoms with van der Waals surface area (Å²) in [5, 5.41) is 5.23. The summed E-state index contributed by atoms with van der Waals surface area (Å²) >= 11 is 13.4. The first-order valence-corrected chi connectivity index (χ1v) is 9.89. The topological polar surface area (TPSA) is 51.0 Å². The van der Waals surface area contributed by atoms with Crippen molar-refractivity contribution in [3.8, 4) is 0 Å². The first-order chi connectivity index (χ1) is 13.5. The van der Waals surface area contributed by atoms with Gasteiger partial charge in [-0.05, 0) is 36.4 Å². The number of hydrogen-bond donors (Lipinski definition) is 0. The lowest BCUT2D eigenvalue weighted by atomic mass is 10.2. The zero-order valence-corrected chi connectivity index (χ0v) is 16.7. The molecule has 0 saturated carbocycles. The third kappa shape index (κ3) is 3.73. The first kappa shape index (κ1) is 18.9. The summed E-state index contributed by atoms with van der Waals surface area (Å²) in [5.41, 5.74) is 0.535. The monoisotopic (exact) mass is 434 g/mol. The molecule has 0 saturated heterocycles. The molecule has 0 radical (unpaired) electrons. The van der Waals surface area contributed by atoms with E-state index in [1.165, 1.54) is 28.4 Å². The highest BCUT2D eigenvalue weighted by molar-refractivity contribution is 7.22. The highest BCUT2D eigenvalue weighted by atomic mass is 35.5. The second kappa shape index (κ2) is 7.87. The van der Waals surface area contributed by atoms with Crippen molar-refractivity contribution in [2.75, 3.05) is 11.4 Å². The SMILES string of the molecule is O=C(c1ccc(Cl)cc1Cl)N(CCn1cccn1)c1nc2c(F)cccc2s1. The fourth-order valence-electron chi connectivity index (χ4n) is 2.75. The standard InChI is InChI=1S/C19H13Cl2FN4OS/c20-12-5-6-13(14(21)11-12)18(27)26(10-9-25-8-2-7-23-25)19-24-17-15(22)3-1-4-16(17)28-19/h1-8,11H,9-10H2. The van der Waals surface area contributed by atoms with Crippen LogP contribution in [0.4, 0.5) is 9.52 Å². The van der Waals surface area contributed by atoms with E-state index in [4.69, 9.17) is 23.2 Å². The Kier molecular flexibility index (Phi) is 5.30. The van der Waals surface area contributed by atoms with Crippen LogP contribution in [0.1, 0.15) is 10.4 Å². The number of benzene rings is 2. The van der Waals surface area contributed by atoms with Crippen molar-refractivity contribution >= 4 is 55.8 Å². The Labute approximate surface area is 173 Å². The molecule has 2 aromatic carbocycles. The van der Waals surface area contributed by atoms with Crippen molar-refractivity contribution in [3.63, 3.8) is 0 Å². The summed E-state index contributed by atoms with van der Waals surface area (Å²) in [6, 6.07) is 11.2. The Morgan fingerprint density at radius 2 is 2.07 bits per heavy atom. The fraction of sp³-hybridized carbons (Fsp3) is 0.105. The largest absolute Gasteiger partial charge is 0.282 e. The number of anilines is 1. The van der Waals surface area contributed by atoms with Crippen molar-refractivity contribution in [1.82, 2.24) is 14.8 Å². The maximum absolute atomic E-state index is 14.1. The van der Waals surface area contributed by atoms with Crippen LogP contribution >= 0.6 is 34.5 Å². The van der Waals surface area contributed by atoms with Gasteiger partial charge in [0.2, 0.25) is 0 Å². The van der Waals surface area contributed by atoms with E-state index in [-0.39, 0.29) is 16.4 Å². The molecule has 2 heterocycles. The summed E-state index contributed by atoms with van der Waals surface area (Å²) in [5.74, 6) is -0.766. The van der Waals surface area contributed by atoms with Crippen molar-refractivity contribution in [3.05, 3.63) is 76.3 Å². The van der Waals surface area contributed by atoms with Gasteiger partial charge in [-0.15, -0.1) is 0 Å². The molecular weight excluding hydrogens is 422 g/mol. The van der Waals surface area contributed by atoms with Gasteiger partial charge in [0.25, 0.3) is 5.91 Å².